The summed E-state index contributed by atoms with van der Waals surface area (Å²) in [5.74, 6) is 0. The molecule has 0 spiro atoms. The molecule has 0 aromatic rings. The van der Waals surface area contributed by atoms with Crippen molar-refractivity contribution in [3.63, 3.8) is 0 Å². The number of hydrogen-bond donors (Lipinski definition) is 9. The molecule has 0 aromatic carbocycles. The highest BCUT2D eigenvalue weighted by atomic mass is 31.2. The minimum Gasteiger partial charge on any atom is -0.324 e. The van der Waals surface area contributed by atoms with Gasteiger partial charge in [0.1, 0.15) is 0 Å². The van der Waals surface area contributed by atoms with E-state index in [4.69, 9.17) is 19.6 Å². The van der Waals surface area contributed by atoms with E-state index in [0.29, 0.717) is 0 Å². The summed E-state index contributed by atoms with van der Waals surface area (Å²) in [7, 11) is -19.6. The maximum Gasteiger partial charge on any atom is 0.330 e. The van der Waals surface area contributed by atoms with Crippen LogP contribution in [0.3, 0.4) is 0 Å². The smallest absolute Gasteiger partial charge is 0.324 e. The Kier molecular flexibility index (Phi) is 8.05. The van der Waals surface area contributed by atoms with Crippen molar-refractivity contribution >= 4 is 30.4 Å². The first kappa shape index (κ1) is 24.6. The number of rotatable bonds is 8. The predicted molar refractivity (Wildman–Crippen MR) is 90.0 cm³/mol. The van der Waals surface area contributed by atoms with E-state index in [2.05, 4.69) is 5.32 Å². The van der Waals surface area contributed by atoms with Crippen LogP contribution < -0.4 is 5.32 Å². The van der Waals surface area contributed by atoms with Crippen molar-refractivity contribution in [2.75, 3.05) is 12.3 Å². The summed E-state index contributed by atoms with van der Waals surface area (Å²) in [5.41, 5.74) is -3.61. The van der Waals surface area contributed by atoms with Crippen LogP contribution in [0.5, 0.6) is 0 Å². The molecule has 17 heteroatoms. The second kappa shape index (κ2) is 8.51. The van der Waals surface area contributed by atoms with Gasteiger partial charge < -0.3 is 44.5 Å². The van der Waals surface area contributed by atoms with Crippen molar-refractivity contribution in [1.29, 1.82) is 0 Å². The molecule has 4 atom stereocenters. The molecule has 0 aromatic heterocycles. The van der Waals surface area contributed by atoms with Crippen LogP contribution in [0.2, 0.25) is 0 Å². The lowest BCUT2D eigenvalue weighted by molar-refractivity contribution is 0.260. The Bertz CT molecular complexity index is 618. The standard InChI is InChI=1S/C9H23NO12P4/c11-23(12,13)4-8(25(17,18)19)6-2-1-3-7(10-6)9(26(20,21)22)5-24(14,15)16/h6-10H,1-5H2,(H2,11,12,13)(H2,14,15,16)(H2,17,18,19)(H2,20,21,22)/t6-,7-,8?,9?/m1/s1. The zero-order valence-electron chi connectivity index (χ0n) is 13.3. The van der Waals surface area contributed by atoms with E-state index in [1.165, 1.54) is 0 Å². The third kappa shape index (κ3) is 8.29. The van der Waals surface area contributed by atoms with Gasteiger partial charge in [0.25, 0.3) is 0 Å². The quantitative estimate of drug-likeness (QED) is 0.196. The maximum absolute atomic E-state index is 11.6. The van der Waals surface area contributed by atoms with Crippen molar-refractivity contribution in [1.82, 2.24) is 5.32 Å². The fourth-order valence-corrected chi connectivity index (χ4v) is 8.90. The minimum absolute atomic E-state index is 0.0655. The molecule has 26 heavy (non-hydrogen) atoms. The lowest BCUT2D eigenvalue weighted by Crippen LogP contribution is -2.54. The Morgan fingerprint density at radius 1 is 0.692 bits per heavy atom. The van der Waals surface area contributed by atoms with Crippen molar-refractivity contribution in [3.05, 3.63) is 0 Å². The van der Waals surface area contributed by atoms with Gasteiger partial charge in [0.2, 0.25) is 0 Å². The Morgan fingerprint density at radius 3 is 1.23 bits per heavy atom. The molecule has 1 heterocycles. The lowest BCUT2D eigenvalue weighted by Gasteiger charge is -2.39. The number of piperidine rings is 1. The molecule has 1 saturated heterocycles. The zero-order valence-corrected chi connectivity index (χ0v) is 16.9. The maximum atomic E-state index is 11.6. The van der Waals surface area contributed by atoms with Gasteiger partial charge in [-0.3, -0.25) is 18.3 Å². The van der Waals surface area contributed by atoms with Crippen LogP contribution in [0.15, 0.2) is 0 Å². The monoisotopic (exact) mass is 461 g/mol. The first-order valence-electron chi connectivity index (χ1n) is 7.36. The van der Waals surface area contributed by atoms with Gasteiger partial charge in [0.05, 0.1) is 23.6 Å². The molecular weight excluding hydrogens is 438 g/mol. The highest BCUT2D eigenvalue weighted by molar-refractivity contribution is 7.57. The summed E-state index contributed by atoms with van der Waals surface area (Å²) in [6, 6.07) is -2.37. The average molecular weight is 461 g/mol. The fourth-order valence-electron chi connectivity index (χ4n) is 3.03. The van der Waals surface area contributed by atoms with E-state index in [0.717, 1.165) is 0 Å². The molecule has 13 nitrogen and oxygen atoms in total. The Balaban J connectivity index is 3.11. The summed E-state index contributed by atoms with van der Waals surface area (Å²) in [5, 5.41) is 2.54. The first-order chi connectivity index (χ1) is 11.4. The third-order valence-corrected chi connectivity index (χ3v) is 9.23. The summed E-state index contributed by atoms with van der Waals surface area (Å²) in [6.07, 6.45) is -1.95. The van der Waals surface area contributed by atoms with E-state index in [1.807, 2.05) is 0 Å². The highest BCUT2D eigenvalue weighted by Gasteiger charge is 2.47. The molecule has 0 amide bonds. The molecule has 0 radical (unpaired) electrons. The molecule has 0 bridgehead atoms. The van der Waals surface area contributed by atoms with Gasteiger partial charge in [-0.2, -0.15) is 0 Å². The van der Waals surface area contributed by atoms with Gasteiger partial charge in [-0.15, -0.1) is 0 Å². The van der Waals surface area contributed by atoms with Gasteiger partial charge >= 0.3 is 30.4 Å². The van der Waals surface area contributed by atoms with Crippen molar-refractivity contribution in [2.45, 2.75) is 42.7 Å². The SMILES string of the molecule is O=P(O)(O)CC([C@H]1CCC[C@H](C(CP(=O)(O)O)P(=O)(O)O)N1)P(=O)(O)O. The second-order valence-corrected chi connectivity index (χ2v) is 13.4. The van der Waals surface area contributed by atoms with Crippen LogP contribution in [-0.2, 0) is 18.3 Å². The summed E-state index contributed by atoms with van der Waals surface area (Å²) < 4.78 is 45.7. The van der Waals surface area contributed by atoms with Crippen molar-refractivity contribution < 1.29 is 57.4 Å². The molecule has 156 valence electrons. The summed E-state index contributed by atoms with van der Waals surface area (Å²) in [4.78, 5) is 73.9. The lowest BCUT2D eigenvalue weighted by atomic mass is 9.95. The Labute approximate surface area is 148 Å². The van der Waals surface area contributed by atoms with Gasteiger partial charge in [0.15, 0.2) is 0 Å². The molecule has 9 N–H and O–H groups in total. The van der Waals surface area contributed by atoms with Crippen molar-refractivity contribution in [3.8, 4) is 0 Å². The third-order valence-electron chi connectivity index (χ3n) is 4.10. The van der Waals surface area contributed by atoms with Crippen LogP contribution >= 0.6 is 30.4 Å². The van der Waals surface area contributed by atoms with Crippen molar-refractivity contribution in [2.24, 2.45) is 0 Å². The number of hydrogen-bond acceptors (Lipinski definition) is 5. The number of nitrogens with one attached hydrogen (secondary N) is 1. The average Bonchev–Trinajstić information content (AvgIpc) is 2.38. The minimum atomic E-state index is -4.98. The normalized spacial score (nSPS) is 25.7. The first-order valence-corrected chi connectivity index (χ1v) is 14.3. The second-order valence-electron chi connectivity index (χ2n) is 6.32. The summed E-state index contributed by atoms with van der Waals surface area (Å²) >= 11 is 0. The van der Waals surface area contributed by atoms with E-state index >= 15 is 0 Å². The van der Waals surface area contributed by atoms with E-state index in [9.17, 15) is 37.8 Å². The van der Waals surface area contributed by atoms with Crippen LogP contribution in [0.1, 0.15) is 19.3 Å². The molecule has 2 unspecified atom stereocenters. The van der Waals surface area contributed by atoms with Gasteiger partial charge in [-0.25, -0.2) is 0 Å². The van der Waals surface area contributed by atoms with Gasteiger partial charge in [-0.05, 0) is 12.8 Å². The van der Waals surface area contributed by atoms with Gasteiger partial charge in [0, 0.05) is 12.1 Å². The predicted octanol–water partition coefficient (Wildman–Crippen LogP) is -1.05. The highest BCUT2D eigenvalue weighted by Crippen LogP contribution is 2.54. The van der Waals surface area contributed by atoms with E-state index < -0.39 is 66.1 Å². The molecule has 0 saturated carbocycles. The van der Waals surface area contributed by atoms with E-state index in [-0.39, 0.29) is 19.3 Å². The summed E-state index contributed by atoms with van der Waals surface area (Å²) in [6.45, 7) is 0. The Hall–Kier alpha value is 0.560. The topological polar surface area (TPSA) is 242 Å². The zero-order chi connectivity index (χ0) is 20.6. The van der Waals surface area contributed by atoms with Crippen LogP contribution in [0.4, 0.5) is 0 Å². The molecule has 1 rings (SSSR count). The molecular formula is C9H23NO12P4. The van der Waals surface area contributed by atoms with Crippen LogP contribution in [-0.4, -0.2) is 74.9 Å². The van der Waals surface area contributed by atoms with Gasteiger partial charge in [-0.1, -0.05) is 6.42 Å². The van der Waals surface area contributed by atoms with Crippen LogP contribution in [0, 0.1) is 0 Å². The molecule has 0 aliphatic carbocycles. The largest absolute Gasteiger partial charge is 0.330 e. The van der Waals surface area contributed by atoms with E-state index in [1.54, 1.807) is 0 Å². The Morgan fingerprint density at radius 2 is 1.00 bits per heavy atom. The fraction of sp³-hybridized carbons (Fsp3) is 1.00. The molecule has 1 aliphatic heterocycles. The molecule has 1 aliphatic rings. The molecule has 1 fully saturated rings. The van der Waals surface area contributed by atoms with Crippen LogP contribution in [0.25, 0.3) is 0 Å².